The van der Waals surface area contributed by atoms with E-state index in [1.807, 2.05) is 41.8 Å². The first-order valence-electron chi connectivity index (χ1n) is 9.52. The molecule has 2 N–H and O–H groups in total. The molecule has 0 bridgehead atoms. The van der Waals surface area contributed by atoms with Gasteiger partial charge in [-0.25, -0.2) is 17.5 Å². The first-order valence-corrected chi connectivity index (χ1v) is 11.9. The fourth-order valence-corrected chi connectivity index (χ4v) is 4.67. The zero-order chi connectivity index (χ0) is 21.7. The largest absolute Gasteiger partial charge is 0.340 e. The number of halogens is 1. The van der Waals surface area contributed by atoms with Gasteiger partial charge < -0.3 is 5.32 Å². The van der Waals surface area contributed by atoms with Gasteiger partial charge in [0.25, 0.3) is 5.91 Å². The van der Waals surface area contributed by atoms with E-state index < -0.39 is 27.8 Å². The fourth-order valence-electron chi connectivity index (χ4n) is 3.11. The van der Waals surface area contributed by atoms with Crippen molar-refractivity contribution < 1.29 is 17.6 Å². The van der Waals surface area contributed by atoms with Crippen LogP contribution in [0.15, 0.2) is 64.9 Å². The van der Waals surface area contributed by atoms with Gasteiger partial charge in [-0.1, -0.05) is 43.7 Å². The molecular formula is C22H23FN2O3S2. The molecule has 8 heteroatoms. The summed E-state index contributed by atoms with van der Waals surface area (Å²) in [6, 6.07) is 14.4. The van der Waals surface area contributed by atoms with Crippen LogP contribution in [0.25, 0.3) is 0 Å². The maximum Gasteiger partial charge on any atom is 0.255 e. The van der Waals surface area contributed by atoms with Crippen molar-refractivity contribution in [1.29, 1.82) is 0 Å². The van der Waals surface area contributed by atoms with Crippen LogP contribution in [-0.2, 0) is 16.4 Å². The molecule has 0 aliphatic carbocycles. The van der Waals surface area contributed by atoms with Crippen molar-refractivity contribution in [3.05, 3.63) is 87.4 Å². The van der Waals surface area contributed by atoms with Gasteiger partial charge in [-0.05, 0) is 54.2 Å². The van der Waals surface area contributed by atoms with E-state index in [0.29, 0.717) is 0 Å². The lowest BCUT2D eigenvalue weighted by Crippen LogP contribution is -2.30. The lowest BCUT2D eigenvalue weighted by molar-refractivity contribution is 0.0939. The zero-order valence-corrected chi connectivity index (χ0v) is 18.3. The van der Waals surface area contributed by atoms with Crippen LogP contribution < -0.4 is 10.0 Å². The summed E-state index contributed by atoms with van der Waals surface area (Å²) in [6.45, 7) is 2.11. The van der Waals surface area contributed by atoms with Gasteiger partial charge in [0.05, 0.1) is 16.5 Å². The van der Waals surface area contributed by atoms with Crippen molar-refractivity contribution in [3.8, 4) is 0 Å². The number of hydrogen-bond donors (Lipinski definition) is 2. The second kappa shape index (κ2) is 9.51. The predicted molar refractivity (Wildman–Crippen MR) is 117 cm³/mol. The lowest BCUT2D eigenvalue weighted by atomic mass is 10.0. The van der Waals surface area contributed by atoms with Crippen LogP contribution in [-0.4, -0.2) is 21.4 Å². The third kappa shape index (κ3) is 4.95. The second-order valence-electron chi connectivity index (χ2n) is 6.76. The minimum absolute atomic E-state index is 0.173. The smallest absolute Gasteiger partial charge is 0.255 e. The Kier molecular flexibility index (Phi) is 7.02. The quantitative estimate of drug-likeness (QED) is 0.543. The molecule has 1 aromatic heterocycles. The first-order chi connectivity index (χ1) is 14.4. The topological polar surface area (TPSA) is 75.3 Å². The van der Waals surface area contributed by atoms with E-state index in [1.165, 1.54) is 23.9 Å². The summed E-state index contributed by atoms with van der Waals surface area (Å²) >= 11 is 1.48. The molecule has 0 saturated carbocycles. The molecule has 1 amide bonds. The molecule has 158 valence electrons. The van der Waals surface area contributed by atoms with Crippen molar-refractivity contribution in [2.45, 2.75) is 30.7 Å². The van der Waals surface area contributed by atoms with Crippen molar-refractivity contribution in [3.63, 3.8) is 0 Å². The van der Waals surface area contributed by atoms with Crippen molar-refractivity contribution in [1.82, 2.24) is 10.0 Å². The Morgan fingerprint density at radius 1 is 1.13 bits per heavy atom. The summed E-state index contributed by atoms with van der Waals surface area (Å²) in [4.78, 5) is 13.6. The lowest BCUT2D eigenvalue weighted by Gasteiger charge is -2.19. The molecule has 3 aromatic rings. The van der Waals surface area contributed by atoms with E-state index in [9.17, 15) is 17.6 Å². The standard InChI is InChI=1S/C22H23FN2O3S2/c1-3-5-15-7-9-16(10-8-15)21(20-6-4-13-29-20)25-22(26)18-14-17(11-12-19(18)23)30(27,28)24-2/h4,6-14,21,24H,3,5H2,1-2H3,(H,25,26). The van der Waals surface area contributed by atoms with Crippen molar-refractivity contribution in [2.75, 3.05) is 7.05 Å². The summed E-state index contributed by atoms with van der Waals surface area (Å²) in [5, 5.41) is 4.76. The Labute approximate surface area is 180 Å². The number of sulfonamides is 1. The molecule has 5 nitrogen and oxygen atoms in total. The Hall–Kier alpha value is -2.55. The van der Waals surface area contributed by atoms with Crippen LogP contribution >= 0.6 is 11.3 Å². The zero-order valence-electron chi connectivity index (χ0n) is 16.7. The summed E-state index contributed by atoms with van der Waals surface area (Å²) < 4.78 is 40.6. The van der Waals surface area contributed by atoms with Crippen molar-refractivity contribution >= 4 is 27.3 Å². The molecule has 0 spiro atoms. The number of thiophene rings is 1. The van der Waals surface area contributed by atoms with E-state index in [1.54, 1.807) is 0 Å². The Balaban J connectivity index is 1.94. The van der Waals surface area contributed by atoms with Gasteiger partial charge >= 0.3 is 0 Å². The monoisotopic (exact) mass is 446 g/mol. The highest BCUT2D eigenvalue weighted by Crippen LogP contribution is 2.27. The first kappa shape index (κ1) is 22.1. The van der Waals surface area contributed by atoms with Crippen LogP contribution in [0.4, 0.5) is 4.39 Å². The Bertz CT molecular complexity index is 1110. The second-order valence-corrected chi connectivity index (χ2v) is 9.63. The van der Waals surface area contributed by atoms with Crippen LogP contribution in [0.2, 0.25) is 0 Å². The van der Waals surface area contributed by atoms with Gasteiger partial charge in [-0.3, -0.25) is 4.79 Å². The van der Waals surface area contributed by atoms with Gasteiger partial charge in [0.1, 0.15) is 5.82 Å². The van der Waals surface area contributed by atoms with Crippen LogP contribution in [0.5, 0.6) is 0 Å². The van der Waals surface area contributed by atoms with Crippen LogP contribution in [0.3, 0.4) is 0 Å². The molecule has 0 aliphatic heterocycles. The number of carbonyl (C=O) groups is 1. The van der Waals surface area contributed by atoms with Gasteiger partial charge in [0.2, 0.25) is 10.0 Å². The highest BCUT2D eigenvalue weighted by Gasteiger charge is 2.23. The number of rotatable bonds is 8. The van der Waals surface area contributed by atoms with Crippen LogP contribution in [0, 0.1) is 5.82 Å². The van der Waals surface area contributed by atoms with Gasteiger partial charge in [0, 0.05) is 4.88 Å². The summed E-state index contributed by atoms with van der Waals surface area (Å²) in [7, 11) is -2.54. The van der Waals surface area contributed by atoms with Crippen LogP contribution in [0.1, 0.15) is 45.7 Å². The third-order valence-corrected chi connectivity index (χ3v) is 7.07. The van der Waals surface area contributed by atoms with E-state index in [2.05, 4.69) is 17.0 Å². The number of carbonyl (C=O) groups excluding carboxylic acids is 1. The van der Waals surface area contributed by atoms with Crippen molar-refractivity contribution in [2.24, 2.45) is 0 Å². The third-order valence-electron chi connectivity index (χ3n) is 4.72. The number of benzene rings is 2. The molecular weight excluding hydrogens is 423 g/mol. The molecule has 0 saturated heterocycles. The highest BCUT2D eigenvalue weighted by molar-refractivity contribution is 7.89. The molecule has 1 unspecified atom stereocenters. The van der Waals surface area contributed by atoms with Gasteiger partial charge in [-0.15, -0.1) is 11.3 Å². The molecule has 3 rings (SSSR count). The Morgan fingerprint density at radius 2 is 1.87 bits per heavy atom. The van der Waals surface area contributed by atoms with Gasteiger partial charge in [0.15, 0.2) is 0 Å². The summed E-state index contributed by atoms with van der Waals surface area (Å²) in [5.41, 5.74) is 1.74. The van der Waals surface area contributed by atoms with E-state index in [4.69, 9.17) is 0 Å². The van der Waals surface area contributed by atoms with Gasteiger partial charge in [-0.2, -0.15) is 0 Å². The summed E-state index contributed by atoms with van der Waals surface area (Å²) in [6.07, 6.45) is 2.00. The number of hydrogen-bond acceptors (Lipinski definition) is 4. The molecule has 30 heavy (non-hydrogen) atoms. The molecule has 1 atom stereocenters. The van der Waals surface area contributed by atoms with E-state index >= 15 is 0 Å². The van der Waals surface area contributed by atoms with E-state index in [0.717, 1.165) is 41.5 Å². The molecule has 0 radical (unpaired) electrons. The predicted octanol–water partition coefficient (Wildman–Crippen LogP) is 4.27. The summed E-state index contributed by atoms with van der Waals surface area (Å²) in [5.74, 6) is -1.47. The fraction of sp³-hybridized carbons (Fsp3) is 0.227. The molecule has 0 fully saturated rings. The normalized spacial score (nSPS) is 12.5. The Morgan fingerprint density at radius 3 is 2.47 bits per heavy atom. The molecule has 0 aliphatic rings. The number of amides is 1. The molecule has 2 aromatic carbocycles. The highest BCUT2D eigenvalue weighted by atomic mass is 32.2. The molecule has 1 heterocycles. The minimum Gasteiger partial charge on any atom is -0.340 e. The minimum atomic E-state index is -3.80. The maximum absolute atomic E-state index is 14.4. The number of nitrogens with one attached hydrogen (secondary N) is 2. The van der Waals surface area contributed by atoms with E-state index in [-0.39, 0.29) is 10.5 Å². The average Bonchev–Trinajstić information content (AvgIpc) is 3.27. The average molecular weight is 447 g/mol. The maximum atomic E-state index is 14.4. The number of aryl methyl sites for hydroxylation is 1. The SMILES string of the molecule is CCCc1ccc(C(NC(=O)c2cc(S(=O)(=O)NC)ccc2F)c2cccs2)cc1.